The summed E-state index contributed by atoms with van der Waals surface area (Å²) in [5, 5.41) is 2.92. The van der Waals surface area contributed by atoms with E-state index in [9.17, 15) is 4.79 Å². The molecule has 0 radical (unpaired) electrons. The van der Waals surface area contributed by atoms with Gasteiger partial charge in [0.2, 0.25) is 0 Å². The van der Waals surface area contributed by atoms with Crippen molar-refractivity contribution in [3.63, 3.8) is 0 Å². The number of anilines is 2. The molecule has 0 aliphatic rings. The molecule has 20 heavy (non-hydrogen) atoms. The van der Waals surface area contributed by atoms with E-state index in [1.807, 2.05) is 24.3 Å². The fourth-order valence-corrected chi connectivity index (χ4v) is 2.58. The van der Waals surface area contributed by atoms with Crippen LogP contribution in [0.5, 0.6) is 0 Å². The normalized spacial score (nSPS) is 10.3. The van der Waals surface area contributed by atoms with Gasteiger partial charge in [0.05, 0.1) is 28.8 Å². The lowest BCUT2D eigenvalue weighted by Crippen LogP contribution is -2.15. The van der Waals surface area contributed by atoms with Gasteiger partial charge in [0, 0.05) is 4.90 Å². The number of aryl methyl sites for hydroxylation is 1. The molecule has 0 saturated carbocycles. The molecule has 0 aliphatic carbocycles. The van der Waals surface area contributed by atoms with Gasteiger partial charge in [0.1, 0.15) is 0 Å². The summed E-state index contributed by atoms with van der Waals surface area (Å²) in [7, 11) is 0. The van der Waals surface area contributed by atoms with Crippen LogP contribution in [0.15, 0.2) is 41.4 Å². The Kier molecular flexibility index (Phi) is 4.63. The largest absolute Gasteiger partial charge is 0.397 e. The Morgan fingerprint density at radius 1 is 1.40 bits per heavy atom. The van der Waals surface area contributed by atoms with Crippen molar-refractivity contribution >= 4 is 29.0 Å². The number of aromatic nitrogens is 1. The maximum Gasteiger partial charge on any atom is 0.257 e. The van der Waals surface area contributed by atoms with Crippen LogP contribution in [0.1, 0.15) is 23.0 Å². The SMILES string of the molecule is CCSc1ccccc1NC(=O)c1cc(N)cnc1C. The standard InChI is InChI=1S/C15H17N3OS/c1-3-20-14-7-5-4-6-13(14)18-15(19)12-8-11(16)9-17-10(12)2/h4-9H,3,16H2,1-2H3,(H,18,19). The first-order valence-electron chi connectivity index (χ1n) is 6.37. The average Bonchev–Trinajstić information content (AvgIpc) is 2.44. The van der Waals surface area contributed by atoms with Gasteiger partial charge in [-0.15, -0.1) is 11.8 Å². The molecule has 1 heterocycles. The molecule has 1 aromatic carbocycles. The Balaban J connectivity index is 2.26. The predicted octanol–water partition coefficient (Wildman–Crippen LogP) is 3.34. The number of hydrogen-bond donors (Lipinski definition) is 2. The van der Waals surface area contributed by atoms with Gasteiger partial charge in [-0.1, -0.05) is 19.1 Å². The zero-order valence-electron chi connectivity index (χ0n) is 11.5. The number of thioether (sulfide) groups is 1. The fraction of sp³-hybridized carbons (Fsp3) is 0.200. The van der Waals surface area contributed by atoms with Crippen LogP contribution in [0.3, 0.4) is 0 Å². The second-order valence-corrected chi connectivity index (χ2v) is 5.59. The lowest BCUT2D eigenvalue weighted by Gasteiger charge is -2.11. The van der Waals surface area contributed by atoms with E-state index in [0.29, 0.717) is 16.9 Å². The third-order valence-corrected chi connectivity index (χ3v) is 3.74. The maximum absolute atomic E-state index is 12.3. The van der Waals surface area contributed by atoms with Crippen molar-refractivity contribution in [1.82, 2.24) is 4.98 Å². The van der Waals surface area contributed by atoms with Crippen LogP contribution in [0, 0.1) is 6.92 Å². The van der Waals surface area contributed by atoms with Gasteiger partial charge < -0.3 is 11.1 Å². The van der Waals surface area contributed by atoms with Gasteiger partial charge in [-0.2, -0.15) is 0 Å². The van der Waals surface area contributed by atoms with E-state index in [2.05, 4.69) is 17.2 Å². The zero-order valence-corrected chi connectivity index (χ0v) is 12.3. The number of nitrogen functional groups attached to an aromatic ring is 1. The Hall–Kier alpha value is -2.01. The van der Waals surface area contributed by atoms with Crippen molar-refractivity contribution in [2.45, 2.75) is 18.7 Å². The van der Waals surface area contributed by atoms with Crippen molar-refractivity contribution in [2.24, 2.45) is 0 Å². The molecular formula is C15H17N3OS. The van der Waals surface area contributed by atoms with Crippen molar-refractivity contribution in [3.05, 3.63) is 47.8 Å². The number of nitrogens with two attached hydrogens (primary N) is 1. The molecule has 5 heteroatoms. The molecule has 0 unspecified atom stereocenters. The summed E-state index contributed by atoms with van der Waals surface area (Å²) in [5.74, 6) is 0.762. The molecule has 0 bridgehead atoms. The quantitative estimate of drug-likeness (QED) is 0.846. The van der Waals surface area contributed by atoms with E-state index < -0.39 is 0 Å². The molecule has 0 atom stereocenters. The second kappa shape index (κ2) is 6.43. The molecule has 0 fully saturated rings. The third kappa shape index (κ3) is 3.30. The van der Waals surface area contributed by atoms with Gasteiger partial charge in [0.15, 0.2) is 0 Å². The van der Waals surface area contributed by atoms with Gasteiger partial charge in [0.25, 0.3) is 5.91 Å². The molecule has 0 saturated heterocycles. The van der Waals surface area contributed by atoms with Gasteiger partial charge in [-0.05, 0) is 30.9 Å². The summed E-state index contributed by atoms with van der Waals surface area (Å²) in [4.78, 5) is 17.5. The van der Waals surface area contributed by atoms with Crippen LogP contribution >= 0.6 is 11.8 Å². The van der Waals surface area contributed by atoms with Crippen LogP contribution in [-0.2, 0) is 0 Å². The first kappa shape index (κ1) is 14.4. The summed E-state index contributed by atoms with van der Waals surface area (Å²) >= 11 is 1.69. The number of carbonyl (C=O) groups is 1. The minimum absolute atomic E-state index is 0.188. The van der Waals surface area contributed by atoms with Crippen molar-refractivity contribution in [3.8, 4) is 0 Å². The molecule has 1 aromatic heterocycles. The Morgan fingerprint density at radius 2 is 2.15 bits per heavy atom. The molecule has 1 amide bonds. The van der Waals surface area contributed by atoms with E-state index in [1.165, 1.54) is 0 Å². The van der Waals surface area contributed by atoms with Crippen LogP contribution in [0.2, 0.25) is 0 Å². The van der Waals surface area contributed by atoms with E-state index in [4.69, 9.17) is 5.73 Å². The third-order valence-electron chi connectivity index (χ3n) is 2.79. The lowest BCUT2D eigenvalue weighted by molar-refractivity contribution is 0.102. The lowest BCUT2D eigenvalue weighted by atomic mass is 10.1. The molecule has 104 valence electrons. The van der Waals surface area contributed by atoms with E-state index in [0.717, 1.165) is 16.3 Å². The number of carbonyl (C=O) groups excluding carboxylic acids is 1. The minimum Gasteiger partial charge on any atom is -0.397 e. The number of rotatable bonds is 4. The Bertz CT molecular complexity index is 628. The van der Waals surface area contributed by atoms with Gasteiger partial charge in [-0.25, -0.2) is 0 Å². The van der Waals surface area contributed by atoms with E-state index in [1.54, 1.807) is 30.9 Å². The predicted molar refractivity (Wildman–Crippen MR) is 84.2 cm³/mol. The number of hydrogen-bond acceptors (Lipinski definition) is 4. The second-order valence-electron chi connectivity index (χ2n) is 4.28. The molecular weight excluding hydrogens is 270 g/mol. The monoisotopic (exact) mass is 287 g/mol. The Morgan fingerprint density at radius 3 is 2.90 bits per heavy atom. The minimum atomic E-state index is -0.188. The highest BCUT2D eigenvalue weighted by molar-refractivity contribution is 7.99. The summed E-state index contributed by atoms with van der Waals surface area (Å²) < 4.78 is 0. The summed E-state index contributed by atoms with van der Waals surface area (Å²) in [6.07, 6.45) is 1.55. The molecule has 0 spiro atoms. The maximum atomic E-state index is 12.3. The highest BCUT2D eigenvalue weighted by atomic mass is 32.2. The Labute approximate surface area is 122 Å². The molecule has 2 rings (SSSR count). The zero-order chi connectivity index (χ0) is 14.5. The van der Waals surface area contributed by atoms with Gasteiger partial charge in [-0.3, -0.25) is 9.78 Å². The van der Waals surface area contributed by atoms with E-state index >= 15 is 0 Å². The van der Waals surface area contributed by atoms with Crippen molar-refractivity contribution < 1.29 is 4.79 Å². The smallest absolute Gasteiger partial charge is 0.257 e. The summed E-state index contributed by atoms with van der Waals surface area (Å²) in [6, 6.07) is 9.40. The van der Waals surface area contributed by atoms with Crippen LogP contribution in [0.25, 0.3) is 0 Å². The highest BCUT2D eigenvalue weighted by Crippen LogP contribution is 2.27. The molecule has 2 aromatic rings. The van der Waals surface area contributed by atoms with Crippen LogP contribution < -0.4 is 11.1 Å². The highest BCUT2D eigenvalue weighted by Gasteiger charge is 2.12. The number of pyridine rings is 1. The fourth-order valence-electron chi connectivity index (χ4n) is 1.82. The molecule has 0 aliphatic heterocycles. The van der Waals surface area contributed by atoms with Crippen molar-refractivity contribution in [1.29, 1.82) is 0 Å². The van der Waals surface area contributed by atoms with E-state index in [-0.39, 0.29) is 5.91 Å². The van der Waals surface area contributed by atoms with Crippen molar-refractivity contribution in [2.75, 3.05) is 16.8 Å². The van der Waals surface area contributed by atoms with Crippen LogP contribution in [0.4, 0.5) is 11.4 Å². The number of nitrogens with one attached hydrogen (secondary N) is 1. The molecule has 3 N–H and O–H groups in total. The summed E-state index contributed by atoms with van der Waals surface area (Å²) in [6.45, 7) is 3.87. The number of nitrogens with zero attached hydrogens (tertiary/aromatic N) is 1. The molecule has 4 nitrogen and oxygen atoms in total. The number of para-hydroxylation sites is 1. The number of amides is 1. The van der Waals surface area contributed by atoms with Gasteiger partial charge >= 0.3 is 0 Å². The summed E-state index contributed by atoms with van der Waals surface area (Å²) in [5.41, 5.74) is 8.15. The average molecular weight is 287 g/mol. The number of benzene rings is 1. The first-order valence-corrected chi connectivity index (χ1v) is 7.35. The van der Waals surface area contributed by atoms with Crippen LogP contribution in [-0.4, -0.2) is 16.6 Å². The topological polar surface area (TPSA) is 68.0 Å². The first-order chi connectivity index (χ1) is 9.61.